The van der Waals surface area contributed by atoms with Gasteiger partial charge in [-0.05, 0) is 37.8 Å². The van der Waals surface area contributed by atoms with Crippen LogP contribution in [0, 0.1) is 12.8 Å². The molecule has 124 valence electrons. The van der Waals surface area contributed by atoms with Crippen LogP contribution < -0.4 is 10.1 Å². The molecule has 2 aliphatic rings. The standard InChI is InChI=1S/C21H23NO2/c1-13-6-5-7-15(10-13)17-11-18(17)21(23)22-14(2)19-12-24-20-9-4-3-8-16(19)20/h3-10,14,17-19H,11-12H2,1-2H3,(H,22,23)/t14-,17-,18-,19-/m0/s1. The van der Waals surface area contributed by atoms with Crippen LogP contribution >= 0.6 is 0 Å². The Bertz CT molecular complexity index is 770. The topological polar surface area (TPSA) is 38.3 Å². The maximum atomic E-state index is 12.6. The van der Waals surface area contributed by atoms with Gasteiger partial charge in [0.25, 0.3) is 0 Å². The number of fused-ring (bicyclic) bond motifs is 1. The van der Waals surface area contributed by atoms with Gasteiger partial charge in [-0.3, -0.25) is 4.79 Å². The second-order valence-corrected chi connectivity index (χ2v) is 7.12. The molecule has 2 aromatic rings. The Morgan fingerprint density at radius 1 is 1.21 bits per heavy atom. The number of carbonyl (C=O) groups is 1. The molecule has 1 saturated carbocycles. The first kappa shape index (κ1) is 15.3. The average Bonchev–Trinajstić information content (AvgIpc) is 3.27. The molecule has 1 aliphatic carbocycles. The number of carbonyl (C=O) groups excluding carboxylic acids is 1. The second kappa shape index (κ2) is 5.97. The van der Waals surface area contributed by atoms with Crippen LogP contribution in [0.1, 0.15) is 41.9 Å². The summed E-state index contributed by atoms with van der Waals surface area (Å²) in [5, 5.41) is 3.22. The van der Waals surface area contributed by atoms with E-state index >= 15 is 0 Å². The van der Waals surface area contributed by atoms with E-state index in [0.717, 1.165) is 12.2 Å². The van der Waals surface area contributed by atoms with Crippen molar-refractivity contribution in [3.63, 3.8) is 0 Å². The van der Waals surface area contributed by atoms with Crippen molar-refractivity contribution in [3.05, 3.63) is 65.2 Å². The van der Waals surface area contributed by atoms with Crippen molar-refractivity contribution in [1.82, 2.24) is 5.32 Å². The molecule has 1 fully saturated rings. The normalized spacial score (nSPS) is 25.5. The third-order valence-electron chi connectivity index (χ3n) is 5.31. The lowest BCUT2D eigenvalue weighted by Crippen LogP contribution is -2.38. The highest BCUT2D eigenvalue weighted by molar-refractivity contribution is 5.83. The van der Waals surface area contributed by atoms with Crippen molar-refractivity contribution in [2.45, 2.75) is 38.1 Å². The van der Waals surface area contributed by atoms with E-state index in [1.165, 1.54) is 16.7 Å². The summed E-state index contributed by atoms with van der Waals surface area (Å²) in [6.45, 7) is 4.82. The molecule has 24 heavy (non-hydrogen) atoms. The van der Waals surface area contributed by atoms with E-state index in [0.29, 0.717) is 12.5 Å². The van der Waals surface area contributed by atoms with Crippen molar-refractivity contribution in [2.75, 3.05) is 6.61 Å². The highest BCUT2D eigenvalue weighted by atomic mass is 16.5. The number of nitrogens with one attached hydrogen (secondary N) is 1. The Hall–Kier alpha value is -2.29. The lowest BCUT2D eigenvalue weighted by atomic mass is 9.94. The number of aryl methyl sites for hydroxylation is 1. The molecule has 0 radical (unpaired) electrons. The van der Waals surface area contributed by atoms with Crippen molar-refractivity contribution < 1.29 is 9.53 Å². The van der Waals surface area contributed by atoms with E-state index in [-0.39, 0.29) is 23.8 Å². The lowest BCUT2D eigenvalue weighted by Gasteiger charge is -2.20. The summed E-state index contributed by atoms with van der Waals surface area (Å²) in [5.41, 5.74) is 3.75. The molecule has 3 heteroatoms. The van der Waals surface area contributed by atoms with E-state index in [1.54, 1.807) is 0 Å². The van der Waals surface area contributed by atoms with Crippen LogP contribution in [-0.2, 0) is 4.79 Å². The van der Waals surface area contributed by atoms with Gasteiger partial charge in [0.1, 0.15) is 5.75 Å². The number of benzene rings is 2. The summed E-state index contributed by atoms with van der Waals surface area (Å²) >= 11 is 0. The first-order valence-electron chi connectivity index (χ1n) is 8.72. The summed E-state index contributed by atoms with van der Waals surface area (Å²) in [6.07, 6.45) is 0.958. The molecule has 1 N–H and O–H groups in total. The van der Waals surface area contributed by atoms with E-state index in [9.17, 15) is 4.79 Å². The fourth-order valence-corrected chi connectivity index (χ4v) is 3.79. The van der Waals surface area contributed by atoms with Crippen molar-refractivity contribution in [2.24, 2.45) is 5.92 Å². The zero-order chi connectivity index (χ0) is 16.7. The van der Waals surface area contributed by atoms with Crippen LogP contribution in [0.2, 0.25) is 0 Å². The third-order valence-corrected chi connectivity index (χ3v) is 5.31. The summed E-state index contributed by atoms with van der Waals surface area (Å²) < 4.78 is 5.74. The van der Waals surface area contributed by atoms with E-state index < -0.39 is 0 Å². The molecule has 1 amide bonds. The van der Waals surface area contributed by atoms with E-state index in [2.05, 4.69) is 49.5 Å². The van der Waals surface area contributed by atoms with Crippen molar-refractivity contribution in [1.29, 1.82) is 0 Å². The molecule has 0 bridgehead atoms. The zero-order valence-electron chi connectivity index (χ0n) is 14.2. The monoisotopic (exact) mass is 321 g/mol. The van der Waals surface area contributed by atoms with Gasteiger partial charge >= 0.3 is 0 Å². The number of rotatable bonds is 4. The minimum absolute atomic E-state index is 0.0832. The average molecular weight is 321 g/mol. The van der Waals surface area contributed by atoms with E-state index in [1.807, 2.05) is 18.2 Å². The SMILES string of the molecule is Cc1cccc([C@@H]2C[C@@H]2C(=O)N[C@@H](C)[C@@H]2COc3ccccc32)c1. The highest BCUT2D eigenvalue weighted by Gasteiger charge is 2.44. The molecule has 2 aromatic carbocycles. The Labute approximate surface area is 143 Å². The van der Waals surface area contributed by atoms with E-state index in [4.69, 9.17) is 4.74 Å². The van der Waals surface area contributed by atoms with Crippen LogP contribution in [0.4, 0.5) is 0 Å². The van der Waals surface area contributed by atoms with Gasteiger partial charge in [0, 0.05) is 23.4 Å². The Morgan fingerprint density at radius 3 is 2.88 bits per heavy atom. The van der Waals surface area contributed by atoms with Gasteiger partial charge in [-0.1, -0.05) is 48.0 Å². The largest absolute Gasteiger partial charge is 0.493 e. The quantitative estimate of drug-likeness (QED) is 0.930. The maximum absolute atomic E-state index is 12.6. The molecular formula is C21H23NO2. The second-order valence-electron chi connectivity index (χ2n) is 7.12. The van der Waals surface area contributed by atoms with Crippen LogP contribution in [0.5, 0.6) is 5.75 Å². The third kappa shape index (κ3) is 2.79. The fraction of sp³-hybridized carbons (Fsp3) is 0.381. The van der Waals surface area contributed by atoms with Gasteiger partial charge in [-0.25, -0.2) is 0 Å². The van der Waals surface area contributed by atoms with Gasteiger partial charge in [-0.15, -0.1) is 0 Å². The molecule has 0 unspecified atom stereocenters. The molecule has 3 nitrogen and oxygen atoms in total. The van der Waals surface area contributed by atoms with Crippen LogP contribution in [0.3, 0.4) is 0 Å². The molecule has 4 rings (SSSR count). The molecule has 0 aromatic heterocycles. The predicted molar refractivity (Wildman–Crippen MR) is 94.3 cm³/mol. The number of para-hydroxylation sites is 1. The first-order valence-corrected chi connectivity index (χ1v) is 8.72. The number of hydrogen-bond donors (Lipinski definition) is 1. The van der Waals surface area contributed by atoms with Crippen LogP contribution in [0.25, 0.3) is 0 Å². The molecule has 0 saturated heterocycles. The zero-order valence-corrected chi connectivity index (χ0v) is 14.2. The Kier molecular flexibility index (Phi) is 3.79. The summed E-state index contributed by atoms with van der Waals surface area (Å²) in [4.78, 5) is 12.6. The van der Waals surface area contributed by atoms with Gasteiger partial charge in [0.15, 0.2) is 0 Å². The molecule has 4 atom stereocenters. The summed E-state index contributed by atoms with van der Waals surface area (Å²) in [7, 11) is 0. The van der Waals surface area contributed by atoms with Gasteiger partial charge in [-0.2, -0.15) is 0 Å². The number of ether oxygens (including phenoxy) is 1. The molecule has 1 aliphatic heterocycles. The Morgan fingerprint density at radius 2 is 2.04 bits per heavy atom. The molecule has 0 spiro atoms. The lowest BCUT2D eigenvalue weighted by molar-refractivity contribution is -0.123. The van der Waals surface area contributed by atoms with Crippen molar-refractivity contribution >= 4 is 5.91 Å². The smallest absolute Gasteiger partial charge is 0.223 e. The predicted octanol–water partition coefficient (Wildman–Crippen LogP) is 3.78. The fourth-order valence-electron chi connectivity index (χ4n) is 3.79. The first-order chi connectivity index (χ1) is 11.6. The molecular weight excluding hydrogens is 298 g/mol. The number of amides is 1. The highest BCUT2D eigenvalue weighted by Crippen LogP contribution is 2.48. The summed E-state index contributed by atoms with van der Waals surface area (Å²) in [6, 6.07) is 16.7. The van der Waals surface area contributed by atoms with Gasteiger partial charge < -0.3 is 10.1 Å². The maximum Gasteiger partial charge on any atom is 0.223 e. The van der Waals surface area contributed by atoms with Gasteiger partial charge in [0.2, 0.25) is 5.91 Å². The number of hydrogen-bond acceptors (Lipinski definition) is 2. The minimum atomic E-state index is 0.0832. The van der Waals surface area contributed by atoms with Crippen molar-refractivity contribution in [3.8, 4) is 5.75 Å². The summed E-state index contributed by atoms with van der Waals surface area (Å²) in [5.74, 6) is 1.86. The Balaban J connectivity index is 1.39. The van der Waals surface area contributed by atoms with Crippen LogP contribution in [0.15, 0.2) is 48.5 Å². The van der Waals surface area contributed by atoms with Crippen LogP contribution in [-0.4, -0.2) is 18.6 Å². The van der Waals surface area contributed by atoms with Gasteiger partial charge in [0.05, 0.1) is 6.61 Å². The molecule has 1 heterocycles. The minimum Gasteiger partial charge on any atom is -0.493 e.